The number of aliphatic imine (C=N–C) groups is 1. The van der Waals surface area contributed by atoms with Crippen LogP contribution in [0.5, 0.6) is 5.88 Å². The third-order valence-electron chi connectivity index (χ3n) is 3.36. The molecular formula is C16H12F2N2O. The van der Waals surface area contributed by atoms with Crippen molar-refractivity contribution in [2.24, 2.45) is 12.0 Å². The van der Waals surface area contributed by atoms with Gasteiger partial charge in [0.05, 0.1) is 16.8 Å². The average molecular weight is 286 g/mol. The number of aryl methyl sites for hydroxylation is 1. The molecule has 0 amide bonds. The van der Waals surface area contributed by atoms with Crippen LogP contribution >= 0.6 is 0 Å². The number of aromatic hydroxyl groups is 1. The van der Waals surface area contributed by atoms with Crippen molar-refractivity contribution >= 4 is 22.8 Å². The Labute approximate surface area is 119 Å². The first-order chi connectivity index (χ1) is 10.1. The topological polar surface area (TPSA) is 37.5 Å². The minimum Gasteiger partial charge on any atom is -0.494 e. The molecule has 0 radical (unpaired) electrons. The Morgan fingerprint density at radius 3 is 2.62 bits per heavy atom. The van der Waals surface area contributed by atoms with Crippen molar-refractivity contribution in [2.45, 2.75) is 0 Å². The van der Waals surface area contributed by atoms with E-state index in [2.05, 4.69) is 4.99 Å². The van der Waals surface area contributed by atoms with E-state index >= 15 is 0 Å². The third kappa shape index (κ3) is 2.27. The summed E-state index contributed by atoms with van der Waals surface area (Å²) in [6.07, 6.45) is 1.45. The smallest absolute Gasteiger partial charge is 0.200 e. The maximum atomic E-state index is 13.1. The van der Waals surface area contributed by atoms with Gasteiger partial charge in [0.15, 0.2) is 11.6 Å². The maximum absolute atomic E-state index is 13.1. The predicted octanol–water partition coefficient (Wildman–Crippen LogP) is 3.91. The summed E-state index contributed by atoms with van der Waals surface area (Å²) >= 11 is 0. The van der Waals surface area contributed by atoms with E-state index < -0.39 is 11.6 Å². The van der Waals surface area contributed by atoms with Gasteiger partial charge in [0.2, 0.25) is 5.88 Å². The van der Waals surface area contributed by atoms with Gasteiger partial charge in [-0.15, -0.1) is 0 Å². The molecule has 3 rings (SSSR count). The highest BCUT2D eigenvalue weighted by Crippen LogP contribution is 2.29. The molecule has 0 aliphatic heterocycles. The van der Waals surface area contributed by atoms with Gasteiger partial charge in [-0.05, 0) is 18.2 Å². The fraction of sp³-hybridized carbons (Fsp3) is 0.0625. The number of para-hydroxylation sites is 1. The number of benzene rings is 2. The third-order valence-corrected chi connectivity index (χ3v) is 3.36. The van der Waals surface area contributed by atoms with Gasteiger partial charge in [-0.25, -0.2) is 8.78 Å². The maximum Gasteiger partial charge on any atom is 0.200 e. The van der Waals surface area contributed by atoms with E-state index in [-0.39, 0.29) is 11.6 Å². The van der Waals surface area contributed by atoms with Gasteiger partial charge in [-0.2, -0.15) is 0 Å². The minimum atomic E-state index is -0.952. The summed E-state index contributed by atoms with van der Waals surface area (Å²) in [6.45, 7) is 0. The zero-order valence-corrected chi connectivity index (χ0v) is 11.2. The van der Waals surface area contributed by atoms with E-state index in [1.807, 2.05) is 24.3 Å². The molecule has 0 atom stereocenters. The van der Waals surface area contributed by atoms with Gasteiger partial charge < -0.3 is 9.67 Å². The van der Waals surface area contributed by atoms with E-state index in [0.29, 0.717) is 5.56 Å². The van der Waals surface area contributed by atoms with Gasteiger partial charge in [0, 0.05) is 24.7 Å². The summed E-state index contributed by atoms with van der Waals surface area (Å²) in [4.78, 5) is 4.10. The molecular weight excluding hydrogens is 274 g/mol. The molecule has 0 saturated heterocycles. The van der Waals surface area contributed by atoms with Crippen molar-refractivity contribution in [1.29, 1.82) is 0 Å². The quantitative estimate of drug-likeness (QED) is 0.712. The fourth-order valence-electron chi connectivity index (χ4n) is 2.24. The predicted molar refractivity (Wildman–Crippen MR) is 78.2 cm³/mol. The Balaban J connectivity index is 2.07. The standard InChI is InChI=1S/C16H12F2N2O/c1-20-15-5-3-2-4-11(15)12(16(20)21)9-19-10-6-7-13(17)14(18)8-10/h2-9,21H,1H3. The van der Waals surface area contributed by atoms with E-state index in [1.54, 1.807) is 11.6 Å². The van der Waals surface area contributed by atoms with Crippen molar-refractivity contribution in [3.63, 3.8) is 0 Å². The van der Waals surface area contributed by atoms with Gasteiger partial charge in [-0.1, -0.05) is 18.2 Å². The van der Waals surface area contributed by atoms with E-state index in [4.69, 9.17) is 0 Å². The summed E-state index contributed by atoms with van der Waals surface area (Å²) < 4.78 is 27.6. The molecule has 0 spiro atoms. The summed E-state index contributed by atoms with van der Waals surface area (Å²) in [6, 6.07) is 10.9. The van der Waals surface area contributed by atoms with E-state index in [9.17, 15) is 13.9 Å². The van der Waals surface area contributed by atoms with Crippen molar-refractivity contribution in [2.75, 3.05) is 0 Å². The van der Waals surface area contributed by atoms with Crippen LogP contribution in [0.2, 0.25) is 0 Å². The van der Waals surface area contributed by atoms with Crippen molar-refractivity contribution < 1.29 is 13.9 Å². The molecule has 2 aromatic carbocycles. The number of halogens is 2. The molecule has 0 fully saturated rings. The summed E-state index contributed by atoms with van der Waals surface area (Å²) in [5, 5.41) is 11.0. The van der Waals surface area contributed by atoms with Crippen LogP contribution in [0.4, 0.5) is 14.5 Å². The van der Waals surface area contributed by atoms with Gasteiger partial charge >= 0.3 is 0 Å². The molecule has 1 aromatic heterocycles. The second-order valence-corrected chi connectivity index (χ2v) is 4.67. The zero-order chi connectivity index (χ0) is 15.0. The Morgan fingerprint density at radius 2 is 1.86 bits per heavy atom. The molecule has 3 aromatic rings. The largest absolute Gasteiger partial charge is 0.494 e. The SMILES string of the molecule is Cn1c(O)c(C=Nc2ccc(F)c(F)c2)c2ccccc21. The van der Waals surface area contributed by atoms with Gasteiger partial charge in [-0.3, -0.25) is 4.99 Å². The zero-order valence-electron chi connectivity index (χ0n) is 11.2. The van der Waals surface area contributed by atoms with Crippen molar-refractivity contribution in [3.8, 4) is 5.88 Å². The Morgan fingerprint density at radius 1 is 1.10 bits per heavy atom. The van der Waals surface area contributed by atoms with E-state index in [0.717, 1.165) is 23.0 Å². The second kappa shape index (κ2) is 5.01. The first-order valence-corrected chi connectivity index (χ1v) is 6.33. The van der Waals surface area contributed by atoms with Crippen LogP contribution in [0.15, 0.2) is 47.5 Å². The lowest BCUT2D eigenvalue weighted by Gasteiger charge is -1.97. The second-order valence-electron chi connectivity index (χ2n) is 4.67. The lowest BCUT2D eigenvalue weighted by Crippen LogP contribution is -1.86. The molecule has 0 bridgehead atoms. The van der Waals surface area contributed by atoms with Crippen molar-refractivity contribution in [1.82, 2.24) is 4.57 Å². The Hall–Kier alpha value is -2.69. The lowest BCUT2D eigenvalue weighted by molar-refractivity contribution is 0.434. The molecule has 5 heteroatoms. The minimum absolute atomic E-state index is 0.0718. The number of rotatable bonds is 2. The summed E-state index contributed by atoms with van der Waals surface area (Å²) in [5.74, 6) is -1.80. The molecule has 21 heavy (non-hydrogen) atoms. The highest BCUT2D eigenvalue weighted by molar-refractivity contribution is 6.03. The lowest BCUT2D eigenvalue weighted by atomic mass is 10.2. The van der Waals surface area contributed by atoms with Gasteiger partial charge in [0.1, 0.15) is 0 Å². The molecule has 3 nitrogen and oxygen atoms in total. The molecule has 0 unspecified atom stereocenters. The molecule has 0 aliphatic carbocycles. The molecule has 1 N–H and O–H groups in total. The van der Waals surface area contributed by atoms with Crippen LogP contribution in [0.25, 0.3) is 10.9 Å². The van der Waals surface area contributed by atoms with E-state index in [1.165, 1.54) is 12.3 Å². The average Bonchev–Trinajstić information content (AvgIpc) is 2.73. The fourth-order valence-corrected chi connectivity index (χ4v) is 2.24. The number of hydrogen-bond donors (Lipinski definition) is 1. The molecule has 106 valence electrons. The van der Waals surface area contributed by atoms with Gasteiger partial charge in [0.25, 0.3) is 0 Å². The van der Waals surface area contributed by atoms with Crippen LogP contribution < -0.4 is 0 Å². The summed E-state index contributed by atoms with van der Waals surface area (Å²) in [7, 11) is 1.74. The number of fused-ring (bicyclic) bond motifs is 1. The molecule has 0 aliphatic rings. The van der Waals surface area contributed by atoms with Crippen molar-refractivity contribution in [3.05, 3.63) is 59.7 Å². The first-order valence-electron chi connectivity index (χ1n) is 6.33. The number of aromatic nitrogens is 1. The Kier molecular flexibility index (Phi) is 3.17. The highest BCUT2D eigenvalue weighted by Gasteiger charge is 2.12. The molecule has 0 saturated carbocycles. The Bertz CT molecular complexity index is 853. The first kappa shape index (κ1) is 13.3. The monoisotopic (exact) mass is 286 g/mol. The molecule has 1 heterocycles. The highest BCUT2D eigenvalue weighted by atomic mass is 19.2. The number of hydrogen-bond acceptors (Lipinski definition) is 2. The number of nitrogens with zero attached hydrogens (tertiary/aromatic N) is 2. The normalized spacial score (nSPS) is 11.6. The summed E-state index contributed by atoms with van der Waals surface area (Å²) in [5.41, 5.74) is 1.68. The van der Waals surface area contributed by atoms with Crippen LogP contribution in [0, 0.1) is 11.6 Å². The van der Waals surface area contributed by atoms with Crippen LogP contribution in [-0.2, 0) is 7.05 Å². The van der Waals surface area contributed by atoms with Crippen LogP contribution in [0.1, 0.15) is 5.56 Å². The van der Waals surface area contributed by atoms with Crippen LogP contribution in [-0.4, -0.2) is 15.9 Å². The van der Waals surface area contributed by atoms with Crippen LogP contribution in [0.3, 0.4) is 0 Å².